The van der Waals surface area contributed by atoms with Gasteiger partial charge in [0, 0.05) is 43.2 Å². The summed E-state index contributed by atoms with van der Waals surface area (Å²) in [7, 11) is 3.29. The van der Waals surface area contributed by atoms with Gasteiger partial charge in [0.15, 0.2) is 0 Å². The highest BCUT2D eigenvalue weighted by Crippen LogP contribution is 2.27. The van der Waals surface area contributed by atoms with Crippen molar-refractivity contribution < 1.29 is 13.9 Å². The minimum atomic E-state index is -0.719. The van der Waals surface area contributed by atoms with E-state index in [1.807, 2.05) is 36.4 Å². The summed E-state index contributed by atoms with van der Waals surface area (Å²) in [4.78, 5) is 6.93. The highest BCUT2D eigenvalue weighted by atomic mass is 19.1. The molecular formula is C23H26FN3O2. The lowest BCUT2D eigenvalue weighted by Gasteiger charge is -2.18. The smallest absolute Gasteiger partial charge is 0.127 e. The van der Waals surface area contributed by atoms with E-state index in [4.69, 9.17) is 14.5 Å². The molecule has 1 saturated heterocycles. The number of nitrogens with zero attached hydrogens (tertiary/aromatic N) is 2. The zero-order chi connectivity index (χ0) is 20.2. The van der Waals surface area contributed by atoms with E-state index >= 15 is 0 Å². The molecule has 0 spiro atoms. The Morgan fingerprint density at radius 2 is 1.97 bits per heavy atom. The van der Waals surface area contributed by atoms with Crippen LogP contribution in [0.15, 0.2) is 48.5 Å². The van der Waals surface area contributed by atoms with Crippen LogP contribution >= 0.6 is 0 Å². The molecule has 1 aliphatic heterocycles. The fourth-order valence-electron chi connectivity index (χ4n) is 3.82. The Morgan fingerprint density at radius 3 is 2.72 bits per heavy atom. The molecule has 5 nitrogen and oxygen atoms in total. The number of likely N-dealkylation sites (tertiary alicyclic amines) is 1. The number of benzene rings is 2. The number of anilines is 1. The largest absolute Gasteiger partial charge is 0.497 e. The number of hydrogen-bond donors (Lipinski definition) is 1. The number of hydrogen-bond acceptors (Lipinski definition) is 5. The molecular weight excluding hydrogens is 369 g/mol. The summed E-state index contributed by atoms with van der Waals surface area (Å²) < 4.78 is 24.4. The highest BCUT2D eigenvalue weighted by Gasteiger charge is 2.22. The van der Waals surface area contributed by atoms with E-state index in [0.29, 0.717) is 19.5 Å². The number of fused-ring (bicyclic) bond motifs is 1. The van der Waals surface area contributed by atoms with Gasteiger partial charge in [-0.3, -0.25) is 4.90 Å². The van der Waals surface area contributed by atoms with Crippen LogP contribution in [0.4, 0.5) is 10.2 Å². The van der Waals surface area contributed by atoms with Crippen LogP contribution in [0.3, 0.4) is 0 Å². The Bertz CT molecular complexity index is 995. The first-order valence-electron chi connectivity index (χ1n) is 9.86. The monoisotopic (exact) mass is 395 g/mol. The second kappa shape index (κ2) is 8.66. The van der Waals surface area contributed by atoms with Crippen molar-refractivity contribution in [1.82, 2.24) is 9.88 Å². The predicted molar refractivity (Wildman–Crippen MR) is 113 cm³/mol. The number of para-hydroxylation sites is 1. The van der Waals surface area contributed by atoms with Gasteiger partial charge in [0.1, 0.15) is 23.5 Å². The molecule has 29 heavy (non-hydrogen) atoms. The van der Waals surface area contributed by atoms with Crippen LogP contribution in [0, 0.1) is 0 Å². The third kappa shape index (κ3) is 4.43. The summed E-state index contributed by atoms with van der Waals surface area (Å²) in [6.07, 6.45) is -0.103. The Balaban J connectivity index is 1.57. The van der Waals surface area contributed by atoms with Gasteiger partial charge in [0.2, 0.25) is 0 Å². The lowest BCUT2D eigenvalue weighted by molar-refractivity contribution is 0.283. The molecule has 2 heterocycles. The molecule has 0 amide bonds. The van der Waals surface area contributed by atoms with Crippen molar-refractivity contribution in [3.8, 4) is 11.5 Å². The molecule has 0 saturated carbocycles. The van der Waals surface area contributed by atoms with Crippen molar-refractivity contribution in [2.75, 3.05) is 32.6 Å². The molecule has 1 atom stereocenters. The third-order valence-electron chi connectivity index (χ3n) is 5.36. The van der Waals surface area contributed by atoms with Crippen molar-refractivity contribution in [2.45, 2.75) is 25.7 Å². The van der Waals surface area contributed by atoms with Crippen LogP contribution in [0.5, 0.6) is 11.5 Å². The van der Waals surface area contributed by atoms with Gasteiger partial charge in [-0.25, -0.2) is 9.37 Å². The molecule has 1 aromatic heterocycles. The van der Waals surface area contributed by atoms with Crippen LogP contribution in [0.2, 0.25) is 0 Å². The average molecular weight is 395 g/mol. The van der Waals surface area contributed by atoms with Gasteiger partial charge >= 0.3 is 0 Å². The predicted octanol–water partition coefficient (Wildman–Crippen LogP) is 4.41. The summed E-state index contributed by atoms with van der Waals surface area (Å²) in [5, 5.41) is 4.53. The number of ether oxygens (including phenoxy) is 2. The van der Waals surface area contributed by atoms with E-state index in [-0.39, 0.29) is 0 Å². The Hall–Kier alpha value is -2.86. The van der Waals surface area contributed by atoms with Gasteiger partial charge in [0.25, 0.3) is 0 Å². The maximum absolute atomic E-state index is 13.6. The highest BCUT2D eigenvalue weighted by molar-refractivity contribution is 5.84. The second-order valence-electron chi connectivity index (χ2n) is 7.34. The van der Waals surface area contributed by atoms with E-state index in [9.17, 15) is 4.39 Å². The van der Waals surface area contributed by atoms with Crippen molar-refractivity contribution in [2.24, 2.45) is 0 Å². The van der Waals surface area contributed by atoms with E-state index in [1.54, 1.807) is 14.2 Å². The molecule has 1 fully saturated rings. The van der Waals surface area contributed by atoms with Crippen molar-refractivity contribution >= 4 is 16.7 Å². The van der Waals surface area contributed by atoms with Gasteiger partial charge in [-0.1, -0.05) is 18.2 Å². The molecule has 1 N–H and O–H groups in total. The maximum Gasteiger partial charge on any atom is 0.127 e. The summed E-state index contributed by atoms with van der Waals surface area (Å²) in [6.45, 7) is 2.60. The molecule has 0 radical (unpaired) electrons. The summed E-state index contributed by atoms with van der Waals surface area (Å²) in [6, 6.07) is 15.9. The molecule has 0 aliphatic carbocycles. The van der Waals surface area contributed by atoms with Crippen LogP contribution in [-0.4, -0.2) is 43.4 Å². The second-order valence-corrected chi connectivity index (χ2v) is 7.34. The molecule has 4 rings (SSSR count). The van der Waals surface area contributed by atoms with Gasteiger partial charge in [0.05, 0.1) is 19.7 Å². The van der Waals surface area contributed by atoms with Crippen LogP contribution in [0.1, 0.15) is 17.5 Å². The zero-order valence-electron chi connectivity index (χ0n) is 16.8. The number of nitrogens with one attached hydrogen (secondary N) is 1. The first-order valence-corrected chi connectivity index (χ1v) is 9.86. The molecule has 3 aromatic rings. The van der Waals surface area contributed by atoms with E-state index in [0.717, 1.165) is 52.4 Å². The lowest BCUT2D eigenvalue weighted by Crippen LogP contribution is -2.20. The van der Waals surface area contributed by atoms with Gasteiger partial charge in [-0.05, 0) is 36.2 Å². The Kier molecular flexibility index (Phi) is 5.81. The third-order valence-corrected chi connectivity index (χ3v) is 5.36. The van der Waals surface area contributed by atoms with Gasteiger partial charge in [-0.2, -0.15) is 0 Å². The average Bonchev–Trinajstić information content (AvgIpc) is 3.16. The zero-order valence-corrected chi connectivity index (χ0v) is 16.8. The number of methoxy groups -OCH3 is 2. The van der Waals surface area contributed by atoms with Crippen molar-refractivity contribution in [1.29, 1.82) is 0 Å². The fraction of sp³-hybridized carbons (Fsp3) is 0.348. The standard InChI is InChI=1S/C23H26FN3O2/c1-28-19-8-7-16(22(12-19)29-2)13-25-23-11-17(14-27-10-9-18(24)15-27)20-5-3-4-6-21(20)26-23/h3-8,11-12,18H,9-10,13-15H2,1-2H3,(H,25,26). The van der Waals surface area contributed by atoms with E-state index < -0.39 is 6.17 Å². The first-order chi connectivity index (χ1) is 14.2. The number of pyridine rings is 1. The molecule has 2 aromatic carbocycles. The summed E-state index contributed by atoms with van der Waals surface area (Å²) in [5.74, 6) is 2.32. The number of halogens is 1. The molecule has 1 aliphatic rings. The normalized spacial score (nSPS) is 16.9. The van der Waals surface area contributed by atoms with Gasteiger partial charge < -0.3 is 14.8 Å². The van der Waals surface area contributed by atoms with Crippen LogP contribution < -0.4 is 14.8 Å². The van der Waals surface area contributed by atoms with E-state index in [2.05, 4.69) is 22.3 Å². The summed E-state index contributed by atoms with van der Waals surface area (Å²) >= 11 is 0. The quantitative estimate of drug-likeness (QED) is 0.642. The maximum atomic E-state index is 13.6. The molecule has 6 heteroatoms. The van der Waals surface area contributed by atoms with Crippen molar-refractivity contribution in [3.05, 3.63) is 59.7 Å². The number of alkyl halides is 1. The minimum Gasteiger partial charge on any atom is -0.497 e. The van der Waals surface area contributed by atoms with Crippen molar-refractivity contribution in [3.63, 3.8) is 0 Å². The SMILES string of the molecule is COc1ccc(CNc2cc(CN3CCC(F)C3)c3ccccc3n2)c(OC)c1. The Labute approximate surface area is 170 Å². The topological polar surface area (TPSA) is 46.6 Å². The first kappa shape index (κ1) is 19.5. The van der Waals surface area contributed by atoms with Gasteiger partial charge in [-0.15, -0.1) is 0 Å². The Morgan fingerprint density at radius 1 is 1.10 bits per heavy atom. The molecule has 1 unspecified atom stereocenters. The number of aromatic nitrogens is 1. The van der Waals surface area contributed by atoms with Crippen LogP contribution in [-0.2, 0) is 13.1 Å². The minimum absolute atomic E-state index is 0.502. The summed E-state index contributed by atoms with van der Waals surface area (Å²) in [5.41, 5.74) is 3.11. The number of rotatable bonds is 7. The molecule has 152 valence electrons. The van der Waals surface area contributed by atoms with Crippen LogP contribution in [0.25, 0.3) is 10.9 Å². The molecule has 0 bridgehead atoms. The van der Waals surface area contributed by atoms with E-state index in [1.165, 1.54) is 0 Å². The fourth-order valence-corrected chi connectivity index (χ4v) is 3.82. The lowest BCUT2D eigenvalue weighted by atomic mass is 10.1.